The van der Waals surface area contributed by atoms with Crippen LogP contribution in [0.3, 0.4) is 0 Å². The van der Waals surface area contributed by atoms with Crippen LogP contribution >= 0.6 is 0 Å². The molecule has 0 saturated carbocycles. The van der Waals surface area contributed by atoms with Crippen LogP contribution in [0.25, 0.3) is 11.2 Å². The van der Waals surface area contributed by atoms with Crippen molar-refractivity contribution in [1.29, 1.82) is 0 Å². The third-order valence-corrected chi connectivity index (χ3v) is 3.78. The Balaban J connectivity index is 1.61. The minimum Gasteiger partial charge on any atom is -0.594 e. The fourth-order valence-electron chi connectivity index (χ4n) is 2.49. The van der Waals surface area contributed by atoms with Gasteiger partial charge in [0.25, 0.3) is 11.5 Å². The maximum atomic E-state index is 11.8. The standard InChI is InChI=1S/C16H26N6O/c17-11-7-5-3-1-2-4-6-8-12-19-16-20-15-14(22(23)21-16)10-9-13-18-15/h9-10,13H,1-8,11-12,17H2,(H,18,19,20,21). The summed E-state index contributed by atoms with van der Waals surface area (Å²) in [6, 6.07) is 3.36. The van der Waals surface area contributed by atoms with E-state index in [0.29, 0.717) is 22.0 Å². The molecule has 0 aliphatic carbocycles. The van der Waals surface area contributed by atoms with E-state index >= 15 is 0 Å². The zero-order chi connectivity index (χ0) is 16.3. The molecule has 0 aromatic carbocycles. The molecule has 0 aliphatic heterocycles. The summed E-state index contributed by atoms with van der Waals surface area (Å²) in [6.07, 6.45) is 11.3. The molecule has 7 heteroatoms. The van der Waals surface area contributed by atoms with E-state index in [1.807, 2.05) is 0 Å². The van der Waals surface area contributed by atoms with Crippen molar-refractivity contribution in [3.8, 4) is 0 Å². The SMILES string of the molecule is NCCCCCCCCCCNc1nc2ncccc2[n+]([O-])n1. The zero-order valence-electron chi connectivity index (χ0n) is 13.6. The molecule has 0 unspecified atom stereocenters. The van der Waals surface area contributed by atoms with Gasteiger partial charge in [-0.05, 0) is 30.3 Å². The highest BCUT2D eigenvalue weighted by Gasteiger charge is 2.10. The summed E-state index contributed by atoms with van der Waals surface area (Å²) in [7, 11) is 0. The summed E-state index contributed by atoms with van der Waals surface area (Å²) in [5, 5.41) is 18.7. The van der Waals surface area contributed by atoms with Crippen LogP contribution in [0.15, 0.2) is 18.3 Å². The van der Waals surface area contributed by atoms with E-state index in [1.165, 1.54) is 38.5 Å². The lowest BCUT2D eigenvalue weighted by Gasteiger charge is -2.05. The van der Waals surface area contributed by atoms with Crippen molar-refractivity contribution < 1.29 is 4.85 Å². The highest BCUT2D eigenvalue weighted by molar-refractivity contribution is 5.65. The Kier molecular flexibility index (Phi) is 7.45. The Bertz CT molecular complexity index is 592. The predicted molar refractivity (Wildman–Crippen MR) is 90.8 cm³/mol. The van der Waals surface area contributed by atoms with E-state index in [0.717, 1.165) is 25.9 Å². The Morgan fingerprint density at radius 3 is 2.48 bits per heavy atom. The Morgan fingerprint density at radius 2 is 1.74 bits per heavy atom. The van der Waals surface area contributed by atoms with Crippen LogP contribution in [-0.4, -0.2) is 28.2 Å². The van der Waals surface area contributed by atoms with Gasteiger partial charge in [-0.1, -0.05) is 38.5 Å². The lowest BCUT2D eigenvalue weighted by molar-refractivity contribution is -0.641. The van der Waals surface area contributed by atoms with Crippen molar-refractivity contribution in [1.82, 2.24) is 15.1 Å². The van der Waals surface area contributed by atoms with Crippen LogP contribution in [0.1, 0.15) is 51.4 Å². The number of fused-ring (bicyclic) bond motifs is 1. The average molecular weight is 318 g/mol. The van der Waals surface area contributed by atoms with E-state index < -0.39 is 0 Å². The quantitative estimate of drug-likeness (QED) is 0.374. The Hall–Kier alpha value is -2.02. The fraction of sp³-hybridized carbons (Fsp3) is 0.625. The number of nitrogens with zero attached hydrogens (tertiary/aromatic N) is 4. The molecule has 2 heterocycles. The van der Waals surface area contributed by atoms with Crippen LogP contribution in [0.5, 0.6) is 0 Å². The fourth-order valence-corrected chi connectivity index (χ4v) is 2.49. The Morgan fingerprint density at radius 1 is 1.04 bits per heavy atom. The maximum Gasteiger partial charge on any atom is 0.292 e. The number of nitrogens with two attached hydrogens (primary N) is 1. The minimum atomic E-state index is 0.341. The molecule has 2 rings (SSSR count). The molecule has 0 radical (unpaired) electrons. The molecular weight excluding hydrogens is 292 g/mol. The second kappa shape index (κ2) is 9.89. The minimum absolute atomic E-state index is 0.341. The number of pyridine rings is 1. The van der Waals surface area contributed by atoms with Gasteiger partial charge in [0.05, 0.1) is 5.10 Å². The molecule has 126 valence electrons. The van der Waals surface area contributed by atoms with Crippen LogP contribution in [0, 0.1) is 5.21 Å². The molecule has 7 nitrogen and oxygen atoms in total. The highest BCUT2D eigenvalue weighted by Crippen LogP contribution is 2.09. The molecule has 0 aliphatic rings. The van der Waals surface area contributed by atoms with Gasteiger partial charge in [-0.2, -0.15) is 4.98 Å². The molecule has 0 amide bonds. The summed E-state index contributed by atoms with van der Waals surface area (Å²) in [4.78, 5) is 8.90. The molecule has 0 spiro atoms. The average Bonchev–Trinajstić information content (AvgIpc) is 2.57. The molecule has 0 atom stereocenters. The molecule has 0 saturated heterocycles. The van der Waals surface area contributed by atoms with Crippen molar-refractivity contribution in [2.75, 3.05) is 18.4 Å². The first kappa shape index (κ1) is 17.3. The first-order valence-corrected chi connectivity index (χ1v) is 8.48. The molecule has 2 aromatic rings. The van der Waals surface area contributed by atoms with Gasteiger partial charge in [0, 0.05) is 18.8 Å². The van der Waals surface area contributed by atoms with Gasteiger partial charge >= 0.3 is 0 Å². The van der Waals surface area contributed by atoms with Crippen LogP contribution in [0.4, 0.5) is 5.95 Å². The van der Waals surface area contributed by atoms with Crippen LogP contribution in [-0.2, 0) is 0 Å². The summed E-state index contributed by atoms with van der Waals surface area (Å²) < 4.78 is 0. The second-order valence-corrected chi connectivity index (χ2v) is 5.70. The van der Waals surface area contributed by atoms with Gasteiger partial charge in [0.1, 0.15) is 0 Å². The monoisotopic (exact) mass is 318 g/mol. The molecule has 2 aromatic heterocycles. The topological polar surface area (TPSA) is 104 Å². The first-order chi connectivity index (χ1) is 11.3. The molecule has 23 heavy (non-hydrogen) atoms. The zero-order valence-corrected chi connectivity index (χ0v) is 13.6. The third-order valence-electron chi connectivity index (χ3n) is 3.78. The summed E-state index contributed by atoms with van der Waals surface area (Å²) >= 11 is 0. The van der Waals surface area contributed by atoms with Crippen molar-refractivity contribution in [2.45, 2.75) is 51.4 Å². The molecular formula is C16H26N6O. The number of unbranched alkanes of at least 4 members (excludes halogenated alkanes) is 7. The van der Waals surface area contributed by atoms with E-state index in [9.17, 15) is 5.21 Å². The number of anilines is 1. The van der Waals surface area contributed by atoms with E-state index in [-0.39, 0.29) is 0 Å². The number of nitrogens with one attached hydrogen (secondary N) is 1. The smallest absolute Gasteiger partial charge is 0.292 e. The maximum absolute atomic E-state index is 11.8. The Labute approximate surface area is 136 Å². The summed E-state index contributed by atoms with van der Waals surface area (Å²) in [6.45, 7) is 1.58. The van der Waals surface area contributed by atoms with Crippen LogP contribution in [0.2, 0.25) is 0 Å². The number of hydrogen-bond acceptors (Lipinski definition) is 6. The van der Waals surface area contributed by atoms with E-state index in [1.54, 1.807) is 18.3 Å². The van der Waals surface area contributed by atoms with E-state index in [2.05, 4.69) is 20.4 Å². The molecule has 0 bridgehead atoms. The van der Waals surface area contributed by atoms with Crippen molar-refractivity contribution in [3.05, 3.63) is 23.5 Å². The molecule has 0 fully saturated rings. The van der Waals surface area contributed by atoms with Gasteiger partial charge in [-0.15, -0.1) is 0 Å². The van der Waals surface area contributed by atoms with Crippen LogP contribution < -0.4 is 15.9 Å². The largest absolute Gasteiger partial charge is 0.594 e. The third kappa shape index (κ3) is 5.94. The molecule has 3 N–H and O–H groups in total. The van der Waals surface area contributed by atoms with Gasteiger partial charge in [-0.25, -0.2) is 4.98 Å². The summed E-state index contributed by atoms with van der Waals surface area (Å²) in [5.74, 6) is 0.341. The number of hydrogen-bond donors (Lipinski definition) is 2. The summed E-state index contributed by atoms with van der Waals surface area (Å²) in [5.41, 5.74) is 6.27. The van der Waals surface area contributed by atoms with Gasteiger partial charge in [0.15, 0.2) is 0 Å². The normalized spacial score (nSPS) is 11.0. The predicted octanol–water partition coefficient (Wildman–Crippen LogP) is 2.15. The van der Waals surface area contributed by atoms with Crippen molar-refractivity contribution >= 4 is 17.1 Å². The lowest BCUT2D eigenvalue weighted by Crippen LogP contribution is -2.33. The van der Waals surface area contributed by atoms with Gasteiger partial charge in [-0.3, -0.25) is 0 Å². The van der Waals surface area contributed by atoms with E-state index in [4.69, 9.17) is 5.73 Å². The van der Waals surface area contributed by atoms with Gasteiger partial charge in [0.2, 0.25) is 5.65 Å². The first-order valence-electron chi connectivity index (χ1n) is 8.48. The number of aromatic nitrogens is 4. The second-order valence-electron chi connectivity index (χ2n) is 5.70. The number of rotatable bonds is 11. The van der Waals surface area contributed by atoms with Crippen molar-refractivity contribution in [2.24, 2.45) is 5.73 Å². The van der Waals surface area contributed by atoms with Crippen molar-refractivity contribution in [3.63, 3.8) is 0 Å². The lowest BCUT2D eigenvalue weighted by atomic mass is 10.1. The highest BCUT2D eigenvalue weighted by atomic mass is 16.5. The van der Waals surface area contributed by atoms with Gasteiger partial charge < -0.3 is 16.3 Å².